The van der Waals surface area contributed by atoms with Crippen LogP contribution in [0, 0.1) is 6.92 Å². The minimum atomic E-state index is -0.289. The van der Waals surface area contributed by atoms with Crippen molar-refractivity contribution in [3.05, 3.63) is 71.1 Å². The van der Waals surface area contributed by atoms with Crippen molar-refractivity contribution in [2.24, 2.45) is 0 Å². The lowest BCUT2D eigenvalue weighted by Crippen LogP contribution is -2.13. The molecule has 0 fully saturated rings. The number of pyridine rings is 1. The average molecular weight is 365 g/mol. The molecule has 0 aliphatic rings. The largest absolute Gasteiger partial charge is 0.486 e. The second-order valence-electron chi connectivity index (χ2n) is 5.64. The van der Waals surface area contributed by atoms with Gasteiger partial charge in [-0.1, -0.05) is 29.5 Å². The molecule has 3 heterocycles. The third-order valence-corrected chi connectivity index (χ3v) is 4.42. The lowest BCUT2D eigenvalue weighted by molar-refractivity contribution is 0.102. The van der Waals surface area contributed by atoms with Crippen LogP contribution in [0.2, 0.25) is 0 Å². The number of hydrogen-bond acceptors (Lipinski definition) is 6. The minimum absolute atomic E-state index is 0.268. The van der Waals surface area contributed by atoms with Gasteiger partial charge in [-0.15, -0.1) is 10.2 Å². The maximum absolute atomic E-state index is 12.5. The zero-order chi connectivity index (χ0) is 17.9. The predicted octanol–water partition coefficient (Wildman–Crippen LogP) is 3.33. The fourth-order valence-electron chi connectivity index (χ4n) is 2.60. The van der Waals surface area contributed by atoms with Crippen LogP contribution in [0.3, 0.4) is 0 Å². The van der Waals surface area contributed by atoms with Crippen molar-refractivity contribution in [3.8, 4) is 5.75 Å². The first-order valence-corrected chi connectivity index (χ1v) is 8.81. The Morgan fingerprint density at radius 3 is 2.96 bits per heavy atom. The highest BCUT2D eigenvalue weighted by Gasteiger charge is 2.14. The van der Waals surface area contributed by atoms with Crippen LogP contribution in [0.5, 0.6) is 5.75 Å². The molecule has 0 spiro atoms. The Morgan fingerprint density at radius 1 is 1.27 bits per heavy atom. The summed E-state index contributed by atoms with van der Waals surface area (Å²) in [6.45, 7) is 2.28. The summed E-state index contributed by atoms with van der Waals surface area (Å²) in [5.74, 6) is 0.200. The van der Waals surface area contributed by atoms with Gasteiger partial charge in [0.15, 0.2) is 0 Å². The average Bonchev–Trinajstić information content (AvgIpc) is 3.30. The molecule has 4 aromatic rings. The highest BCUT2D eigenvalue weighted by molar-refractivity contribution is 7.13. The normalized spacial score (nSPS) is 10.8. The number of carbonyl (C=O) groups excluding carboxylic acids is 1. The number of nitrogens with zero attached hydrogens (tertiary/aromatic N) is 4. The number of nitrogens with one attached hydrogen (secondary N) is 1. The van der Waals surface area contributed by atoms with Gasteiger partial charge < -0.3 is 9.14 Å². The maximum atomic E-state index is 12.5. The Bertz CT molecular complexity index is 1060. The van der Waals surface area contributed by atoms with Gasteiger partial charge in [0.2, 0.25) is 5.13 Å². The van der Waals surface area contributed by atoms with Crippen LogP contribution in [0.25, 0.3) is 5.65 Å². The van der Waals surface area contributed by atoms with Crippen LogP contribution >= 0.6 is 11.3 Å². The molecule has 0 saturated carbocycles. The van der Waals surface area contributed by atoms with E-state index in [0.717, 1.165) is 16.9 Å². The number of aryl methyl sites for hydroxylation is 1. The third-order valence-electron chi connectivity index (χ3n) is 3.82. The van der Waals surface area contributed by atoms with Crippen molar-refractivity contribution in [1.82, 2.24) is 19.6 Å². The monoisotopic (exact) mass is 365 g/mol. The molecule has 0 aliphatic heterocycles. The van der Waals surface area contributed by atoms with Crippen molar-refractivity contribution in [2.45, 2.75) is 13.5 Å². The van der Waals surface area contributed by atoms with Gasteiger partial charge in [-0.25, -0.2) is 4.98 Å². The summed E-state index contributed by atoms with van der Waals surface area (Å²) in [6, 6.07) is 11.1. The Labute approximate surface area is 153 Å². The molecule has 8 heteroatoms. The van der Waals surface area contributed by atoms with Gasteiger partial charge >= 0.3 is 0 Å². The summed E-state index contributed by atoms with van der Waals surface area (Å²) in [4.78, 5) is 17.0. The number of fused-ring (bicyclic) bond motifs is 1. The van der Waals surface area contributed by atoms with Gasteiger partial charge in [0.05, 0.1) is 11.3 Å². The summed E-state index contributed by atoms with van der Waals surface area (Å²) >= 11 is 1.26. The molecule has 1 aromatic carbocycles. The zero-order valence-electron chi connectivity index (χ0n) is 13.9. The van der Waals surface area contributed by atoms with Crippen LogP contribution in [0.1, 0.15) is 21.6 Å². The summed E-state index contributed by atoms with van der Waals surface area (Å²) < 4.78 is 7.82. The van der Waals surface area contributed by atoms with E-state index in [-0.39, 0.29) is 12.5 Å². The molecule has 0 saturated heterocycles. The fourth-order valence-corrected chi connectivity index (χ4v) is 3.04. The first-order chi connectivity index (χ1) is 12.7. The second-order valence-corrected chi connectivity index (χ2v) is 6.47. The first kappa shape index (κ1) is 16.2. The Balaban J connectivity index is 1.52. The van der Waals surface area contributed by atoms with E-state index in [1.54, 1.807) is 23.7 Å². The predicted molar refractivity (Wildman–Crippen MR) is 98.6 cm³/mol. The number of ether oxygens (including phenoxy) is 1. The van der Waals surface area contributed by atoms with Gasteiger partial charge in [0, 0.05) is 12.4 Å². The van der Waals surface area contributed by atoms with Crippen molar-refractivity contribution >= 4 is 28.0 Å². The lowest BCUT2D eigenvalue weighted by atomic mass is 10.2. The molecule has 26 heavy (non-hydrogen) atoms. The number of anilines is 1. The first-order valence-electron chi connectivity index (χ1n) is 7.93. The van der Waals surface area contributed by atoms with E-state index in [2.05, 4.69) is 20.5 Å². The van der Waals surface area contributed by atoms with Gasteiger partial charge in [-0.3, -0.25) is 10.1 Å². The topological polar surface area (TPSA) is 81.4 Å². The fraction of sp³-hybridized carbons (Fsp3) is 0.111. The molecule has 0 aliphatic carbocycles. The molecule has 3 aromatic heterocycles. The number of hydrogen-bond donors (Lipinski definition) is 1. The Morgan fingerprint density at radius 2 is 2.15 bits per heavy atom. The quantitative estimate of drug-likeness (QED) is 0.587. The molecule has 0 unspecified atom stereocenters. The smallest absolute Gasteiger partial charge is 0.261 e. The Hall–Kier alpha value is -3.26. The highest BCUT2D eigenvalue weighted by atomic mass is 32.1. The SMILES string of the molecule is Cc1cccn2cc(COc3ccccc3C(=O)Nc3nncs3)nc12. The van der Waals surface area contributed by atoms with Gasteiger partial charge in [-0.05, 0) is 30.7 Å². The van der Waals surface area contributed by atoms with Crippen molar-refractivity contribution in [3.63, 3.8) is 0 Å². The Kier molecular flexibility index (Phi) is 4.32. The van der Waals surface area contributed by atoms with Crippen LogP contribution in [0.15, 0.2) is 54.3 Å². The van der Waals surface area contributed by atoms with Gasteiger partial charge in [0.25, 0.3) is 5.91 Å². The van der Waals surface area contributed by atoms with Crippen molar-refractivity contribution < 1.29 is 9.53 Å². The lowest BCUT2D eigenvalue weighted by Gasteiger charge is -2.09. The maximum Gasteiger partial charge on any atom is 0.261 e. The minimum Gasteiger partial charge on any atom is -0.486 e. The van der Waals surface area contributed by atoms with E-state index in [0.29, 0.717) is 16.4 Å². The van der Waals surface area contributed by atoms with Crippen molar-refractivity contribution in [2.75, 3.05) is 5.32 Å². The molecule has 0 bridgehead atoms. The van der Waals surface area contributed by atoms with Gasteiger partial charge in [0.1, 0.15) is 23.5 Å². The van der Waals surface area contributed by atoms with E-state index in [1.807, 2.05) is 41.9 Å². The van der Waals surface area contributed by atoms with Crippen LogP contribution in [0.4, 0.5) is 5.13 Å². The molecule has 1 amide bonds. The van der Waals surface area contributed by atoms with Crippen LogP contribution < -0.4 is 10.1 Å². The molecule has 0 radical (unpaired) electrons. The highest BCUT2D eigenvalue weighted by Crippen LogP contribution is 2.21. The van der Waals surface area contributed by atoms with Crippen LogP contribution in [-0.4, -0.2) is 25.5 Å². The number of rotatable bonds is 5. The summed E-state index contributed by atoms with van der Waals surface area (Å²) in [7, 11) is 0. The summed E-state index contributed by atoms with van der Waals surface area (Å²) in [6.07, 6.45) is 3.87. The van der Waals surface area contributed by atoms with E-state index >= 15 is 0 Å². The van der Waals surface area contributed by atoms with Gasteiger partial charge in [-0.2, -0.15) is 0 Å². The number of para-hydroxylation sites is 1. The molecule has 7 nitrogen and oxygen atoms in total. The molecule has 0 atom stereocenters. The van der Waals surface area contributed by atoms with Crippen LogP contribution in [-0.2, 0) is 6.61 Å². The zero-order valence-corrected chi connectivity index (χ0v) is 14.7. The standard InChI is InChI=1S/C18H15N5O2S/c1-12-5-4-8-23-9-13(20-16(12)23)10-25-15-7-3-2-6-14(15)17(24)21-18-22-19-11-26-18/h2-9,11H,10H2,1H3,(H,21,22,24). The number of benzene rings is 1. The molecule has 4 rings (SSSR count). The van der Waals surface area contributed by atoms with E-state index in [1.165, 1.54) is 11.3 Å². The van der Waals surface area contributed by atoms with E-state index in [9.17, 15) is 4.79 Å². The second kappa shape index (κ2) is 6.93. The molecular weight excluding hydrogens is 350 g/mol. The van der Waals surface area contributed by atoms with E-state index in [4.69, 9.17) is 4.74 Å². The molecule has 1 N–H and O–H groups in total. The van der Waals surface area contributed by atoms with E-state index < -0.39 is 0 Å². The summed E-state index contributed by atoms with van der Waals surface area (Å²) in [5.41, 5.74) is 4.77. The third kappa shape index (κ3) is 3.27. The number of amides is 1. The summed E-state index contributed by atoms with van der Waals surface area (Å²) in [5, 5.41) is 10.7. The van der Waals surface area contributed by atoms with Crippen molar-refractivity contribution in [1.29, 1.82) is 0 Å². The molecule has 130 valence electrons. The number of carbonyl (C=O) groups is 1. The number of imidazole rings is 1. The molecular formula is C18H15N5O2S. The number of aromatic nitrogens is 4.